The molecule has 0 spiro atoms. The van der Waals surface area contributed by atoms with E-state index >= 15 is 0 Å². The van der Waals surface area contributed by atoms with Gasteiger partial charge in [-0.05, 0) is 63.1 Å². The summed E-state index contributed by atoms with van der Waals surface area (Å²) in [7, 11) is -3.78. The summed E-state index contributed by atoms with van der Waals surface area (Å²) in [5.74, 6) is 0.130. The zero-order valence-electron chi connectivity index (χ0n) is 15.6. The third kappa shape index (κ3) is 4.31. The average Bonchev–Trinajstić information content (AvgIpc) is 3.04. The van der Waals surface area contributed by atoms with Gasteiger partial charge in [0, 0.05) is 23.8 Å². The number of nitrogens with zero attached hydrogens (tertiary/aromatic N) is 1. The van der Waals surface area contributed by atoms with E-state index in [9.17, 15) is 13.2 Å². The Hall–Kier alpha value is -2.38. The van der Waals surface area contributed by atoms with E-state index in [0.717, 1.165) is 12.0 Å². The van der Waals surface area contributed by atoms with Crippen LogP contribution in [0.2, 0.25) is 0 Å². The van der Waals surface area contributed by atoms with Crippen LogP contribution in [-0.2, 0) is 10.0 Å². The second kappa shape index (κ2) is 7.70. The van der Waals surface area contributed by atoms with Crippen molar-refractivity contribution in [1.29, 1.82) is 0 Å². The molecule has 1 aliphatic rings. The fourth-order valence-corrected chi connectivity index (χ4v) is 4.50. The van der Waals surface area contributed by atoms with E-state index < -0.39 is 10.0 Å². The molecular weight excluding hydrogens is 362 g/mol. The lowest BCUT2D eigenvalue weighted by Crippen LogP contribution is -2.34. The van der Waals surface area contributed by atoms with E-state index in [-0.39, 0.29) is 16.8 Å². The van der Waals surface area contributed by atoms with Crippen LogP contribution in [0.4, 0.5) is 5.69 Å². The molecule has 7 heteroatoms. The first-order chi connectivity index (χ1) is 12.8. The lowest BCUT2D eigenvalue weighted by molar-refractivity contribution is 0.0743. The van der Waals surface area contributed by atoms with Gasteiger partial charge in [0.15, 0.2) is 0 Å². The Labute approximate surface area is 160 Å². The van der Waals surface area contributed by atoms with Gasteiger partial charge in [-0.15, -0.1) is 0 Å². The van der Waals surface area contributed by atoms with Crippen molar-refractivity contribution in [1.82, 2.24) is 4.90 Å². The predicted octanol–water partition coefficient (Wildman–Crippen LogP) is 2.61. The van der Waals surface area contributed by atoms with E-state index in [1.807, 2.05) is 26.0 Å². The summed E-state index contributed by atoms with van der Waals surface area (Å²) in [5, 5.41) is 0. The fourth-order valence-electron chi connectivity index (χ4n) is 3.39. The van der Waals surface area contributed by atoms with Crippen LogP contribution >= 0.6 is 0 Å². The lowest BCUT2D eigenvalue weighted by atomic mass is 10.1. The van der Waals surface area contributed by atoms with E-state index in [4.69, 9.17) is 5.73 Å². The van der Waals surface area contributed by atoms with Crippen molar-refractivity contribution in [3.63, 3.8) is 0 Å². The van der Waals surface area contributed by atoms with Crippen molar-refractivity contribution in [2.24, 2.45) is 11.7 Å². The summed E-state index contributed by atoms with van der Waals surface area (Å²) in [6.45, 7) is 5.08. The van der Waals surface area contributed by atoms with Crippen molar-refractivity contribution in [2.45, 2.75) is 31.2 Å². The van der Waals surface area contributed by atoms with Gasteiger partial charge in [0.05, 0.1) is 4.90 Å². The molecule has 3 rings (SSSR count). The molecule has 0 radical (unpaired) electrons. The van der Waals surface area contributed by atoms with Crippen LogP contribution in [0.1, 0.15) is 29.3 Å². The number of likely N-dealkylation sites (tertiary alicyclic amines) is 1. The molecule has 6 nitrogen and oxygen atoms in total. The van der Waals surface area contributed by atoms with Gasteiger partial charge in [-0.25, -0.2) is 8.42 Å². The van der Waals surface area contributed by atoms with Gasteiger partial charge >= 0.3 is 0 Å². The van der Waals surface area contributed by atoms with Gasteiger partial charge in [-0.3, -0.25) is 9.52 Å². The Balaban J connectivity index is 1.82. The molecule has 1 fully saturated rings. The molecule has 2 unspecified atom stereocenters. The number of benzene rings is 2. The topological polar surface area (TPSA) is 92.5 Å². The van der Waals surface area contributed by atoms with Crippen LogP contribution in [0.5, 0.6) is 0 Å². The molecule has 0 aromatic heterocycles. The third-order valence-corrected chi connectivity index (χ3v) is 6.33. The zero-order valence-corrected chi connectivity index (χ0v) is 16.4. The molecule has 0 bridgehead atoms. The van der Waals surface area contributed by atoms with Crippen molar-refractivity contribution in [3.8, 4) is 0 Å². The number of nitrogens with two attached hydrogens (primary N) is 1. The monoisotopic (exact) mass is 387 g/mol. The summed E-state index contributed by atoms with van der Waals surface area (Å²) < 4.78 is 27.9. The maximum Gasteiger partial charge on any atom is 0.261 e. The fraction of sp³-hybridized carbons (Fsp3) is 0.350. The van der Waals surface area contributed by atoms with Crippen LogP contribution in [0.3, 0.4) is 0 Å². The molecule has 1 amide bonds. The van der Waals surface area contributed by atoms with Gasteiger partial charge in [-0.1, -0.05) is 23.8 Å². The number of carbonyl (C=O) groups excluding carboxylic acids is 1. The standard InChI is InChI=1S/C20H25N3O3S/c1-14-6-8-18(9-7-14)22-27(25,26)19-5-3-4-17(11-19)20(24)23-13-16(12-21)10-15(23)2/h3-9,11,15-16,22H,10,12-13,21H2,1-2H3. The smallest absolute Gasteiger partial charge is 0.261 e. The quantitative estimate of drug-likeness (QED) is 0.825. The zero-order chi connectivity index (χ0) is 19.6. The molecule has 1 aliphatic heterocycles. The second-order valence-electron chi connectivity index (χ2n) is 7.14. The van der Waals surface area contributed by atoms with Gasteiger partial charge in [0.25, 0.3) is 15.9 Å². The SMILES string of the molecule is Cc1ccc(NS(=O)(=O)c2cccc(C(=O)N3CC(CN)CC3C)c2)cc1. The van der Waals surface area contributed by atoms with Crippen molar-refractivity contribution >= 4 is 21.6 Å². The maximum absolute atomic E-state index is 12.9. The molecule has 0 saturated carbocycles. The number of nitrogens with one attached hydrogen (secondary N) is 1. The van der Waals surface area contributed by atoms with Crippen LogP contribution in [-0.4, -0.2) is 38.4 Å². The van der Waals surface area contributed by atoms with Crippen molar-refractivity contribution < 1.29 is 13.2 Å². The molecule has 144 valence electrons. The van der Waals surface area contributed by atoms with Crippen molar-refractivity contribution in [3.05, 3.63) is 59.7 Å². The number of aryl methyl sites for hydroxylation is 1. The van der Waals surface area contributed by atoms with E-state index in [1.165, 1.54) is 12.1 Å². The van der Waals surface area contributed by atoms with E-state index in [2.05, 4.69) is 4.72 Å². The van der Waals surface area contributed by atoms with E-state index in [1.54, 1.807) is 29.2 Å². The molecule has 0 aliphatic carbocycles. The number of hydrogen-bond acceptors (Lipinski definition) is 4. The van der Waals surface area contributed by atoms with Gasteiger partial charge < -0.3 is 10.6 Å². The van der Waals surface area contributed by atoms with Crippen LogP contribution in [0.25, 0.3) is 0 Å². The molecular formula is C20H25N3O3S. The highest BCUT2D eigenvalue weighted by atomic mass is 32.2. The summed E-state index contributed by atoms with van der Waals surface area (Å²) in [5.41, 5.74) is 7.63. The molecule has 2 aromatic rings. The largest absolute Gasteiger partial charge is 0.336 e. The predicted molar refractivity (Wildman–Crippen MR) is 106 cm³/mol. The highest BCUT2D eigenvalue weighted by Gasteiger charge is 2.32. The van der Waals surface area contributed by atoms with Crippen molar-refractivity contribution in [2.75, 3.05) is 17.8 Å². The number of amides is 1. The molecule has 27 heavy (non-hydrogen) atoms. The van der Waals surface area contributed by atoms with Gasteiger partial charge in [0.2, 0.25) is 0 Å². The second-order valence-corrected chi connectivity index (χ2v) is 8.83. The number of carbonyl (C=O) groups is 1. The molecule has 3 N–H and O–H groups in total. The summed E-state index contributed by atoms with van der Waals surface area (Å²) in [4.78, 5) is 14.7. The molecule has 1 saturated heterocycles. The molecule has 2 atom stereocenters. The first-order valence-electron chi connectivity index (χ1n) is 9.01. The first kappa shape index (κ1) is 19.4. The first-order valence-corrected chi connectivity index (χ1v) is 10.5. The molecule has 2 aromatic carbocycles. The normalized spacial score (nSPS) is 19.9. The maximum atomic E-state index is 12.9. The minimum Gasteiger partial charge on any atom is -0.336 e. The van der Waals surface area contributed by atoms with E-state index in [0.29, 0.717) is 30.3 Å². The Morgan fingerprint density at radius 3 is 2.56 bits per heavy atom. The Kier molecular flexibility index (Phi) is 5.53. The minimum absolute atomic E-state index is 0.0659. The van der Waals surface area contributed by atoms with Crippen LogP contribution < -0.4 is 10.5 Å². The highest BCUT2D eigenvalue weighted by molar-refractivity contribution is 7.92. The van der Waals surface area contributed by atoms with Gasteiger partial charge in [0.1, 0.15) is 0 Å². The number of sulfonamides is 1. The summed E-state index contributed by atoms with van der Waals surface area (Å²) in [6.07, 6.45) is 0.870. The Morgan fingerprint density at radius 1 is 1.22 bits per heavy atom. The van der Waals surface area contributed by atoms with Crippen LogP contribution in [0.15, 0.2) is 53.4 Å². The van der Waals surface area contributed by atoms with Gasteiger partial charge in [-0.2, -0.15) is 0 Å². The average molecular weight is 388 g/mol. The number of anilines is 1. The third-order valence-electron chi connectivity index (χ3n) is 4.95. The summed E-state index contributed by atoms with van der Waals surface area (Å²) in [6, 6.07) is 13.3. The summed E-state index contributed by atoms with van der Waals surface area (Å²) >= 11 is 0. The number of rotatable bonds is 5. The highest BCUT2D eigenvalue weighted by Crippen LogP contribution is 2.25. The van der Waals surface area contributed by atoms with Crippen LogP contribution in [0, 0.1) is 12.8 Å². The Bertz CT molecular complexity index is 926. The molecule has 1 heterocycles. The lowest BCUT2D eigenvalue weighted by Gasteiger charge is -2.22. The minimum atomic E-state index is -3.78. The Morgan fingerprint density at radius 2 is 1.93 bits per heavy atom. The number of hydrogen-bond donors (Lipinski definition) is 2.